The zero-order valence-corrected chi connectivity index (χ0v) is 16.4. The van der Waals surface area contributed by atoms with Crippen LogP contribution in [0, 0.1) is 5.92 Å². The zero-order valence-electron chi connectivity index (χ0n) is 15.6. The molecule has 2 heterocycles. The zero-order chi connectivity index (χ0) is 18.9. The van der Waals surface area contributed by atoms with E-state index in [0.29, 0.717) is 17.9 Å². The van der Waals surface area contributed by atoms with Gasteiger partial charge in [0, 0.05) is 13.5 Å². The maximum atomic E-state index is 13.6. The smallest absolute Gasteiger partial charge is 0.240 e. The van der Waals surface area contributed by atoms with Crippen molar-refractivity contribution in [3.05, 3.63) is 36.5 Å². The molecule has 0 aliphatic carbocycles. The summed E-state index contributed by atoms with van der Waals surface area (Å²) in [6, 6.07) is 7.04. The largest absolute Gasteiger partial charge is 0.390 e. The second-order valence-electron chi connectivity index (χ2n) is 7.06. The fourth-order valence-electron chi connectivity index (χ4n) is 4.01. The standard InChI is InChI=1S/C19H27N3O3S/c1-4-7-16-10-11-20-12-19(16)26(24,25)21-13-14(2)22(15(3)23)18-9-6-5-8-17(18)21/h5-6,8-11,14,16,19-20H,4,7,12-13H2,1-3H3/t14-,16?,19?/m0/s1. The van der Waals surface area contributed by atoms with Gasteiger partial charge in [-0.2, -0.15) is 0 Å². The third-order valence-electron chi connectivity index (χ3n) is 5.19. The topological polar surface area (TPSA) is 69.7 Å². The lowest BCUT2D eigenvalue weighted by Crippen LogP contribution is -2.55. The summed E-state index contributed by atoms with van der Waals surface area (Å²) in [5, 5.41) is 2.58. The Morgan fingerprint density at radius 3 is 2.62 bits per heavy atom. The number of hydrogen-bond acceptors (Lipinski definition) is 4. The number of para-hydroxylation sites is 2. The molecular weight excluding hydrogens is 350 g/mol. The van der Waals surface area contributed by atoms with Crippen molar-refractivity contribution < 1.29 is 13.2 Å². The molecule has 0 fully saturated rings. The van der Waals surface area contributed by atoms with Crippen molar-refractivity contribution in [1.29, 1.82) is 0 Å². The van der Waals surface area contributed by atoms with Crippen LogP contribution in [0.5, 0.6) is 0 Å². The number of allylic oxidation sites excluding steroid dienone is 1. The van der Waals surface area contributed by atoms with Crippen molar-refractivity contribution >= 4 is 27.3 Å². The third-order valence-corrected chi connectivity index (χ3v) is 7.43. The third kappa shape index (κ3) is 3.20. The molecule has 2 aliphatic rings. The van der Waals surface area contributed by atoms with Gasteiger partial charge in [0.2, 0.25) is 15.9 Å². The van der Waals surface area contributed by atoms with Crippen LogP contribution in [-0.4, -0.2) is 38.7 Å². The van der Waals surface area contributed by atoms with E-state index in [-0.39, 0.29) is 24.4 Å². The maximum Gasteiger partial charge on any atom is 0.240 e. The Morgan fingerprint density at radius 1 is 1.27 bits per heavy atom. The highest BCUT2D eigenvalue weighted by Gasteiger charge is 2.42. The lowest BCUT2D eigenvalue weighted by atomic mass is 9.97. The predicted octanol–water partition coefficient (Wildman–Crippen LogP) is 2.48. The van der Waals surface area contributed by atoms with Gasteiger partial charge in [0.1, 0.15) is 5.25 Å². The average Bonchev–Trinajstić information content (AvgIpc) is 2.61. The monoisotopic (exact) mass is 377 g/mol. The molecule has 26 heavy (non-hydrogen) atoms. The van der Waals surface area contributed by atoms with E-state index < -0.39 is 15.3 Å². The van der Waals surface area contributed by atoms with Crippen molar-refractivity contribution in [2.24, 2.45) is 5.92 Å². The van der Waals surface area contributed by atoms with Crippen molar-refractivity contribution in [2.45, 2.75) is 44.9 Å². The number of hydrogen-bond donors (Lipinski definition) is 1. The van der Waals surface area contributed by atoms with E-state index in [1.54, 1.807) is 11.0 Å². The number of sulfonamides is 1. The summed E-state index contributed by atoms with van der Waals surface area (Å²) in [7, 11) is -3.57. The molecule has 142 valence electrons. The van der Waals surface area contributed by atoms with Crippen molar-refractivity contribution in [3.63, 3.8) is 0 Å². The van der Waals surface area contributed by atoms with Crippen LogP contribution in [0.4, 0.5) is 11.4 Å². The van der Waals surface area contributed by atoms with Crippen molar-refractivity contribution in [1.82, 2.24) is 5.32 Å². The predicted molar refractivity (Wildman–Crippen MR) is 105 cm³/mol. The molecule has 1 aromatic rings. The molecule has 1 aromatic carbocycles. The number of nitrogens with zero attached hydrogens (tertiary/aromatic N) is 2. The van der Waals surface area contributed by atoms with Crippen LogP contribution < -0.4 is 14.5 Å². The molecule has 1 N–H and O–H groups in total. The van der Waals surface area contributed by atoms with Crippen LogP contribution >= 0.6 is 0 Å². The molecule has 3 rings (SSSR count). The fraction of sp³-hybridized carbons (Fsp3) is 0.526. The van der Waals surface area contributed by atoms with Gasteiger partial charge in [-0.1, -0.05) is 31.6 Å². The Labute approximate surface area is 155 Å². The first-order valence-corrected chi connectivity index (χ1v) is 10.7. The van der Waals surface area contributed by atoms with Crippen molar-refractivity contribution in [3.8, 4) is 0 Å². The number of fused-ring (bicyclic) bond motifs is 1. The first kappa shape index (κ1) is 18.8. The normalized spacial score (nSPS) is 25.6. The number of benzene rings is 1. The number of nitrogens with one attached hydrogen (secondary N) is 1. The van der Waals surface area contributed by atoms with Gasteiger partial charge in [0.15, 0.2) is 0 Å². The van der Waals surface area contributed by atoms with Crippen LogP contribution in [0.2, 0.25) is 0 Å². The highest BCUT2D eigenvalue weighted by Crippen LogP contribution is 2.39. The number of carbonyl (C=O) groups is 1. The minimum absolute atomic E-state index is 0.000412. The van der Waals surface area contributed by atoms with Gasteiger partial charge in [-0.3, -0.25) is 9.10 Å². The van der Waals surface area contributed by atoms with Crippen LogP contribution in [0.3, 0.4) is 0 Å². The molecule has 0 saturated carbocycles. The molecule has 7 heteroatoms. The first-order chi connectivity index (χ1) is 12.4. The Kier molecular flexibility index (Phi) is 5.27. The minimum atomic E-state index is -3.57. The molecule has 6 nitrogen and oxygen atoms in total. The SMILES string of the molecule is CCCC1C=CNCC1S(=O)(=O)N1C[C@H](C)N(C(C)=O)c2ccccc21. The summed E-state index contributed by atoms with van der Waals surface area (Å²) in [5.41, 5.74) is 1.25. The van der Waals surface area contributed by atoms with Gasteiger partial charge < -0.3 is 10.2 Å². The van der Waals surface area contributed by atoms with E-state index in [1.807, 2.05) is 37.4 Å². The van der Waals surface area contributed by atoms with Gasteiger partial charge in [0.25, 0.3) is 0 Å². The molecule has 0 radical (unpaired) electrons. The molecule has 0 aromatic heterocycles. The number of carbonyl (C=O) groups excluding carboxylic acids is 1. The van der Waals surface area contributed by atoms with Gasteiger partial charge in [-0.25, -0.2) is 8.42 Å². The quantitative estimate of drug-likeness (QED) is 0.875. The highest BCUT2D eigenvalue weighted by atomic mass is 32.2. The summed E-state index contributed by atoms with van der Waals surface area (Å²) in [6.45, 7) is 6.17. The maximum absolute atomic E-state index is 13.6. The molecule has 0 bridgehead atoms. The van der Waals surface area contributed by atoms with Gasteiger partial charge >= 0.3 is 0 Å². The Bertz CT molecular complexity index is 806. The lowest BCUT2D eigenvalue weighted by Gasteiger charge is -2.43. The van der Waals surface area contributed by atoms with E-state index >= 15 is 0 Å². The lowest BCUT2D eigenvalue weighted by molar-refractivity contribution is -0.117. The van der Waals surface area contributed by atoms with E-state index in [2.05, 4.69) is 12.2 Å². The van der Waals surface area contributed by atoms with E-state index in [0.717, 1.165) is 12.8 Å². The molecule has 3 atom stereocenters. The average molecular weight is 378 g/mol. The summed E-state index contributed by atoms with van der Waals surface area (Å²) in [5.74, 6) is -0.0762. The number of rotatable bonds is 4. The molecule has 0 saturated heterocycles. The fourth-order valence-corrected chi connectivity index (χ4v) is 6.17. The molecule has 2 aliphatic heterocycles. The van der Waals surface area contributed by atoms with Crippen molar-refractivity contribution in [2.75, 3.05) is 22.3 Å². The molecule has 2 unspecified atom stereocenters. The van der Waals surface area contributed by atoms with Gasteiger partial charge in [-0.05, 0) is 37.6 Å². The van der Waals surface area contributed by atoms with Gasteiger partial charge in [0.05, 0.1) is 24.0 Å². The molecular formula is C19H27N3O3S. The number of amides is 1. The Balaban J connectivity index is 2.03. The minimum Gasteiger partial charge on any atom is -0.390 e. The second kappa shape index (κ2) is 7.31. The van der Waals surface area contributed by atoms with Crippen LogP contribution in [0.25, 0.3) is 0 Å². The van der Waals surface area contributed by atoms with Crippen LogP contribution in [-0.2, 0) is 14.8 Å². The highest BCUT2D eigenvalue weighted by molar-refractivity contribution is 7.93. The summed E-state index contributed by atoms with van der Waals surface area (Å²) in [4.78, 5) is 13.8. The van der Waals surface area contributed by atoms with E-state index in [4.69, 9.17) is 0 Å². The summed E-state index contributed by atoms with van der Waals surface area (Å²) in [6.07, 6.45) is 5.60. The second-order valence-corrected chi connectivity index (χ2v) is 9.14. The first-order valence-electron chi connectivity index (χ1n) is 9.18. The summed E-state index contributed by atoms with van der Waals surface area (Å²) >= 11 is 0. The van der Waals surface area contributed by atoms with Gasteiger partial charge in [-0.15, -0.1) is 0 Å². The van der Waals surface area contributed by atoms with Crippen LogP contribution in [0.15, 0.2) is 36.5 Å². The Morgan fingerprint density at radius 2 is 1.96 bits per heavy atom. The van der Waals surface area contributed by atoms with Crippen LogP contribution in [0.1, 0.15) is 33.6 Å². The number of anilines is 2. The van der Waals surface area contributed by atoms with E-state index in [9.17, 15) is 13.2 Å². The molecule has 0 spiro atoms. The Hall–Kier alpha value is -2.02. The van der Waals surface area contributed by atoms with E-state index in [1.165, 1.54) is 11.2 Å². The summed E-state index contributed by atoms with van der Waals surface area (Å²) < 4.78 is 28.6. The molecule has 1 amide bonds.